The van der Waals surface area contributed by atoms with E-state index in [0.717, 1.165) is 43.4 Å². The predicted octanol–water partition coefficient (Wildman–Crippen LogP) is 3.43. The number of hydrogen-bond donors (Lipinski definition) is 2. The van der Waals surface area contributed by atoms with Gasteiger partial charge in [0.1, 0.15) is 0 Å². The van der Waals surface area contributed by atoms with E-state index in [4.69, 9.17) is 4.74 Å². The van der Waals surface area contributed by atoms with Crippen LogP contribution in [0, 0.1) is 13.8 Å². The number of hydrogen-bond acceptors (Lipinski definition) is 4. The molecule has 1 aliphatic heterocycles. The standard InChI is InChI=1S/C23H28N2O4S/c1-16-5-10-21(17(2)14-16)30(27,28)25-19-8-6-18(7-9-19)23(11-12-23)22(26)24-15-20-4-3-13-29-20/h5-10,14,20,25H,3-4,11-13,15H2,1-2H3,(H,24,26). The average Bonchev–Trinajstić information content (AvgIpc) is 3.34. The zero-order valence-electron chi connectivity index (χ0n) is 17.4. The molecule has 1 saturated heterocycles. The zero-order chi connectivity index (χ0) is 21.4. The summed E-state index contributed by atoms with van der Waals surface area (Å²) in [5.74, 6) is 0.0293. The number of sulfonamides is 1. The number of aryl methyl sites for hydroxylation is 2. The summed E-state index contributed by atoms with van der Waals surface area (Å²) in [7, 11) is -3.67. The quantitative estimate of drug-likeness (QED) is 0.708. The topological polar surface area (TPSA) is 84.5 Å². The lowest BCUT2D eigenvalue weighted by molar-refractivity contribution is -0.124. The van der Waals surface area contributed by atoms with Crippen molar-refractivity contribution in [2.24, 2.45) is 0 Å². The van der Waals surface area contributed by atoms with E-state index in [0.29, 0.717) is 17.8 Å². The lowest BCUT2D eigenvalue weighted by atomic mass is 9.94. The third-order valence-electron chi connectivity index (χ3n) is 6.01. The number of anilines is 1. The Morgan fingerprint density at radius 2 is 1.87 bits per heavy atom. The predicted molar refractivity (Wildman–Crippen MR) is 116 cm³/mol. The molecular formula is C23H28N2O4S. The van der Waals surface area contributed by atoms with Crippen molar-refractivity contribution in [3.05, 3.63) is 59.2 Å². The maximum absolute atomic E-state index is 12.8. The van der Waals surface area contributed by atoms with E-state index in [-0.39, 0.29) is 16.9 Å². The maximum atomic E-state index is 12.8. The van der Waals surface area contributed by atoms with Gasteiger partial charge < -0.3 is 10.1 Å². The van der Waals surface area contributed by atoms with Crippen LogP contribution in [-0.4, -0.2) is 33.6 Å². The average molecular weight is 429 g/mol. The van der Waals surface area contributed by atoms with Crippen LogP contribution in [0.25, 0.3) is 0 Å². The van der Waals surface area contributed by atoms with Crippen LogP contribution in [-0.2, 0) is 25.0 Å². The van der Waals surface area contributed by atoms with E-state index in [1.165, 1.54) is 0 Å². The molecule has 1 saturated carbocycles. The summed E-state index contributed by atoms with van der Waals surface area (Å²) in [6.45, 7) is 5.04. The molecule has 2 aliphatic rings. The molecule has 1 amide bonds. The van der Waals surface area contributed by atoms with Crippen LogP contribution in [0.15, 0.2) is 47.4 Å². The third-order valence-corrected chi connectivity index (χ3v) is 7.55. The second-order valence-corrected chi connectivity index (χ2v) is 10.0. The molecule has 2 fully saturated rings. The summed E-state index contributed by atoms with van der Waals surface area (Å²) in [6, 6.07) is 12.4. The lowest BCUT2D eigenvalue weighted by Gasteiger charge is -2.18. The fraction of sp³-hybridized carbons (Fsp3) is 0.435. The number of rotatable bonds is 7. The molecule has 0 bridgehead atoms. The molecule has 2 aromatic rings. The minimum absolute atomic E-state index is 0.0293. The van der Waals surface area contributed by atoms with E-state index >= 15 is 0 Å². The molecule has 1 atom stereocenters. The molecule has 0 spiro atoms. The number of ether oxygens (including phenoxy) is 1. The molecule has 6 nitrogen and oxygen atoms in total. The Labute approximate surface area is 178 Å². The summed E-state index contributed by atoms with van der Waals surface area (Å²) >= 11 is 0. The SMILES string of the molecule is Cc1ccc(S(=O)(=O)Nc2ccc(C3(C(=O)NCC4CCCO4)CC3)cc2)c(C)c1. The summed E-state index contributed by atoms with van der Waals surface area (Å²) in [5, 5.41) is 3.04. The molecule has 160 valence electrons. The highest BCUT2D eigenvalue weighted by Crippen LogP contribution is 2.48. The van der Waals surface area contributed by atoms with Gasteiger partial charge in [0.15, 0.2) is 0 Å². The number of nitrogens with one attached hydrogen (secondary N) is 2. The Bertz CT molecular complexity index is 1040. The fourth-order valence-corrected chi connectivity index (χ4v) is 5.41. The monoisotopic (exact) mass is 428 g/mol. The van der Waals surface area contributed by atoms with Crippen molar-refractivity contribution in [1.82, 2.24) is 5.32 Å². The highest BCUT2D eigenvalue weighted by molar-refractivity contribution is 7.92. The number of benzene rings is 2. The first-order valence-electron chi connectivity index (χ1n) is 10.4. The molecular weight excluding hydrogens is 400 g/mol. The van der Waals surface area contributed by atoms with Gasteiger partial charge in [-0.05, 0) is 68.9 Å². The fourth-order valence-electron chi connectivity index (χ4n) is 4.12. The molecule has 0 radical (unpaired) electrons. The van der Waals surface area contributed by atoms with Gasteiger partial charge >= 0.3 is 0 Å². The van der Waals surface area contributed by atoms with Gasteiger partial charge in [-0.1, -0.05) is 29.8 Å². The Hall–Kier alpha value is -2.38. The second kappa shape index (κ2) is 8.04. The maximum Gasteiger partial charge on any atom is 0.262 e. The van der Waals surface area contributed by atoms with E-state index in [1.807, 2.05) is 25.1 Å². The molecule has 4 rings (SSSR count). The van der Waals surface area contributed by atoms with Crippen LogP contribution in [0.2, 0.25) is 0 Å². The second-order valence-electron chi connectivity index (χ2n) is 8.38. The molecule has 2 aromatic carbocycles. The Morgan fingerprint density at radius 1 is 1.13 bits per heavy atom. The minimum atomic E-state index is -3.67. The van der Waals surface area contributed by atoms with Gasteiger partial charge in [-0.25, -0.2) is 8.42 Å². The molecule has 1 heterocycles. The molecule has 1 aliphatic carbocycles. The first kappa shape index (κ1) is 20.9. The smallest absolute Gasteiger partial charge is 0.262 e. The lowest BCUT2D eigenvalue weighted by Crippen LogP contribution is -2.39. The highest BCUT2D eigenvalue weighted by Gasteiger charge is 2.51. The molecule has 0 aromatic heterocycles. The van der Waals surface area contributed by atoms with E-state index < -0.39 is 15.4 Å². The number of carbonyl (C=O) groups is 1. The van der Waals surface area contributed by atoms with Crippen molar-refractivity contribution in [1.29, 1.82) is 0 Å². The largest absolute Gasteiger partial charge is 0.376 e. The van der Waals surface area contributed by atoms with Gasteiger partial charge in [0.25, 0.3) is 10.0 Å². The van der Waals surface area contributed by atoms with Gasteiger partial charge in [-0.2, -0.15) is 0 Å². The van der Waals surface area contributed by atoms with Gasteiger partial charge in [0.2, 0.25) is 5.91 Å². The van der Waals surface area contributed by atoms with Crippen molar-refractivity contribution in [2.75, 3.05) is 17.9 Å². The van der Waals surface area contributed by atoms with Gasteiger partial charge in [-0.15, -0.1) is 0 Å². The summed E-state index contributed by atoms with van der Waals surface area (Å²) in [4.78, 5) is 13.0. The van der Waals surface area contributed by atoms with Crippen molar-refractivity contribution in [2.45, 2.75) is 55.9 Å². The molecule has 1 unspecified atom stereocenters. The van der Waals surface area contributed by atoms with Crippen LogP contribution in [0.1, 0.15) is 42.4 Å². The van der Waals surface area contributed by atoms with Crippen molar-refractivity contribution in [3.8, 4) is 0 Å². The number of carbonyl (C=O) groups excluding carboxylic acids is 1. The first-order chi connectivity index (χ1) is 14.3. The van der Waals surface area contributed by atoms with Crippen molar-refractivity contribution in [3.63, 3.8) is 0 Å². The van der Waals surface area contributed by atoms with Crippen LogP contribution in [0.3, 0.4) is 0 Å². The molecule has 7 heteroatoms. The van der Waals surface area contributed by atoms with E-state index in [2.05, 4.69) is 10.0 Å². The van der Waals surface area contributed by atoms with Crippen LogP contribution < -0.4 is 10.0 Å². The van der Waals surface area contributed by atoms with Gasteiger partial charge in [0, 0.05) is 18.8 Å². The Morgan fingerprint density at radius 3 is 2.47 bits per heavy atom. The van der Waals surface area contributed by atoms with Crippen LogP contribution >= 0.6 is 0 Å². The third kappa shape index (κ3) is 4.23. The van der Waals surface area contributed by atoms with Crippen LogP contribution in [0.5, 0.6) is 0 Å². The molecule has 2 N–H and O–H groups in total. The van der Waals surface area contributed by atoms with E-state index in [9.17, 15) is 13.2 Å². The normalized spacial score (nSPS) is 20.0. The Balaban J connectivity index is 1.44. The number of amides is 1. The van der Waals surface area contributed by atoms with Crippen LogP contribution in [0.4, 0.5) is 5.69 Å². The van der Waals surface area contributed by atoms with E-state index in [1.54, 1.807) is 31.2 Å². The summed E-state index contributed by atoms with van der Waals surface area (Å²) in [5.41, 5.74) is 2.63. The van der Waals surface area contributed by atoms with Crippen molar-refractivity contribution >= 4 is 21.6 Å². The van der Waals surface area contributed by atoms with Gasteiger partial charge in [-0.3, -0.25) is 9.52 Å². The summed E-state index contributed by atoms with van der Waals surface area (Å²) < 4.78 is 33.7. The Kier molecular flexibility index (Phi) is 5.59. The summed E-state index contributed by atoms with van der Waals surface area (Å²) in [6.07, 6.45) is 3.76. The zero-order valence-corrected chi connectivity index (χ0v) is 18.2. The van der Waals surface area contributed by atoms with Gasteiger partial charge in [0.05, 0.1) is 16.4 Å². The van der Waals surface area contributed by atoms with Crippen molar-refractivity contribution < 1.29 is 17.9 Å². The minimum Gasteiger partial charge on any atom is -0.376 e. The first-order valence-corrected chi connectivity index (χ1v) is 11.9. The highest BCUT2D eigenvalue weighted by atomic mass is 32.2. The molecule has 30 heavy (non-hydrogen) atoms.